The van der Waals surface area contributed by atoms with Crippen molar-refractivity contribution in [1.29, 1.82) is 0 Å². The van der Waals surface area contributed by atoms with Crippen LogP contribution in [0.3, 0.4) is 0 Å². The molecule has 1 saturated carbocycles. The van der Waals surface area contributed by atoms with Gasteiger partial charge in [-0.2, -0.15) is 0 Å². The Kier molecular flexibility index (Phi) is 3.76. The number of aliphatic hydroxyl groups excluding tert-OH is 1. The molecule has 1 aliphatic carbocycles. The molecule has 2 N–H and O–H groups in total. The summed E-state index contributed by atoms with van der Waals surface area (Å²) in [5.41, 5.74) is 0.403. The number of aliphatic hydroxyl groups is 1. The molecule has 6 nitrogen and oxygen atoms in total. The first-order valence-electron chi connectivity index (χ1n) is 6.14. The molecule has 0 saturated heterocycles. The van der Waals surface area contributed by atoms with Crippen LogP contribution in [0.2, 0.25) is 0 Å². The van der Waals surface area contributed by atoms with Crippen molar-refractivity contribution in [1.82, 2.24) is 4.98 Å². The van der Waals surface area contributed by atoms with Crippen LogP contribution in [0.15, 0.2) is 12.1 Å². The maximum atomic E-state index is 10.7. The Labute approximate surface area is 105 Å². The second-order valence-electron chi connectivity index (χ2n) is 4.66. The summed E-state index contributed by atoms with van der Waals surface area (Å²) < 4.78 is 0. The molecule has 0 spiro atoms. The van der Waals surface area contributed by atoms with Crippen molar-refractivity contribution in [2.45, 2.75) is 44.8 Å². The molecule has 0 amide bonds. The van der Waals surface area contributed by atoms with Crippen molar-refractivity contribution in [2.24, 2.45) is 0 Å². The number of rotatable bonds is 3. The van der Waals surface area contributed by atoms with Gasteiger partial charge >= 0.3 is 0 Å². The number of nitro groups is 1. The van der Waals surface area contributed by atoms with Gasteiger partial charge in [0.2, 0.25) is 0 Å². The van der Waals surface area contributed by atoms with Crippen LogP contribution in [-0.4, -0.2) is 27.2 Å². The monoisotopic (exact) mass is 251 g/mol. The van der Waals surface area contributed by atoms with Gasteiger partial charge in [-0.3, -0.25) is 10.1 Å². The number of aromatic nitrogens is 1. The van der Waals surface area contributed by atoms with Crippen LogP contribution < -0.4 is 5.32 Å². The fourth-order valence-corrected chi connectivity index (χ4v) is 2.30. The van der Waals surface area contributed by atoms with Gasteiger partial charge in [0.1, 0.15) is 11.5 Å². The molecule has 2 unspecified atom stereocenters. The Morgan fingerprint density at radius 3 is 2.78 bits per heavy atom. The van der Waals surface area contributed by atoms with Gasteiger partial charge in [0.25, 0.3) is 5.69 Å². The lowest BCUT2D eigenvalue weighted by Gasteiger charge is -2.28. The van der Waals surface area contributed by atoms with E-state index in [0.29, 0.717) is 11.5 Å². The number of nitrogens with one attached hydrogen (secondary N) is 1. The highest BCUT2D eigenvalue weighted by Crippen LogP contribution is 2.23. The molecule has 6 heteroatoms. The third kappa shape index (κ3) is 2.76. The maximum absolute atomic E-state index is 10.7. The molecule has 1 aliphatic rings. The van der Waals surface area contributed by atoms with Crippen molar-refractivity contribution < 1.29 is 10.0 Å². The molecule has 18 heavy (non-hydrogen) atoms. The minimum absolute atomic E-state index is 0.00731. The van der Waals surface area contributed by atoms with E-state index in [-0.39, 0.29) is 17.8 Å². The number of nitrogens with zero attached hydrogens (tertiary/aromatic N) is 2. The number of aryl methyl sites for hydroxylation is 1. The number of hydrogen-bond donors (Lipinski definition) is 2. The Morgan fingerprint density at radius 1 is 1.44 bits per heavy atom. The van der Waals surface area contributed by atoms with Crippen LogP contribution >= 0.6 is 0 Å². The van der Waals surface area contributed by atoms with Gasteiger partial charge in [-0.25, -0.2) is 4.98 Å². The van der Waals surface area contributed by atoms with Crippen LogP contribution in [0.4, 0.5) is 11.5 Å². The van der Waals surface area contributed by atoms with Crippen molar-refractivity contribution >= 4 is 11.5 Å². The smallest absolute Gasteiger partial charge is 0.290 e. The standard InChI is InChI=1S/C12H17N3O3/c1-8-10(15(17)18)6-7-12(13-8)14-9-4-2-3-5-11(9)16/h6-7,9,11,16H,2-5H2,1H3,(H,13,14). The van der Waals surface area contributed by atoms with Crippen LogP contribution in [0, 0.1) is 17.0 Å². The molecular formula is C12H17N3O3. The average molecular weight is 251 g/mol. The molecule has 98 valence electrons. The van der Waals surface area contributed by atoms with Gasteiger partial charge < -0.3 is 10.4 Å². The summed E-state index contributed by atoms with van der Waals surface area (Å²) in [4.78, 5) is 14.4. The maximum Gasteiger partial charge on any atom is 0.290 e. The Balaban J connectivity index is 2.10. The summed E-state index contributed by atoms with van der Waals surface area (Å²) in [6, 6.07) is 3.03. The molecule has 0 aliphatic heterocycles. The zero-order chi connectivity index (χ0) is 13.1. The van der Waals surface area contributed by atoms with Gasteiger partial charge in [0.15, 0.2) is 0 Å². The van der Waals surface area contributed by atoms with E-state index in [1.165, 1.54) is 6.07 Å². The topological polar surface area (TPSA) is 88.3 Å². The van der Waals surface area contributed by atoms with Crippen molar-refractivity contribution in [3.05, 3.63) is 27.9 Å². The highest BCUT2D eigenvalue weighted by atomic mass is 16.6. The molecule has 2 rings (SSSR count). The fourth-order valence-electron chi connectivity index (χ4n) is 2.30. The SMILES string of the molecule is Cc1nc(NC2CCCCC2O)ccc1[N+](=O)[O-]. The lowest BCUT2D eigenvalue weighted by molar-refractivity contribution is -0.385. The molecule has 1 fully saturated rings. The van der Waals surface area contributed by atoms with Crippen LogP contribution in [0.25, 0.3) is 0 Å². The van der Waals surface area contributed by atoms with Gasteiger partial charge in [-0.05, 0) is 25.8 Å². The molecule has 2 atom stereocenters. The lowest BCUT2D eigenvalue weighted by Crippen LogP contribution is -2.36. The minimum atomic E-state index is -0.443. The van der Waals surface area contributed by atoms with Gasteiger partial charge in [0, 0.05) is 6.07 Å². The number of pyridine rings is 1. The first-order valence-corrected chi connectivity index (χ1v) is 6.14. The minimum Gasteiger partial charge on any atom is -0.391 e. The lowest BCUT2D eigenvalue weighted by atomic mass is 9.92. The van der Waals surface area contributed by atoms with Crippen molar-refractivity contribution in [2.75, 3.05) is 5.32 Å². The number of hydrogen-bond acceptors (Lipinski definition) is 5. The van der Waals surface area contributed by atoms with E-state index in [1.54, 1.807) is 13.0 Å². The second kappa shape index (κ2) is 5.30. The molecule has 1 heterocycles. The van der Waals surface area contributed by atoms with E-state index in [0.717, 1.165) is 25.7 Å². The molecule has 1 aromatic rings. The van der Waals surface area contributed by atoms with Crippen LogP contribution in [0.1, 0.15) is 31.4 Å². The summed E-state index contributed by atoms with van der Waals surface area (Å²) in [5, 5.41) is 23.7. The average Bonchev–Trinajstić information content (AvgIpc) is 2.32. The Morgan fingerprint density at radius 2 is 2.17 bits per heavy atom. The quantitative estimate of drug-likeness (QED) is 0.633. The zero-order valence-electron chi connectivity index (χ0n) is 10.3. The zero-order valence-corrected chi connectivity index (χ0v) is 10.3. The molecule has 1 aromatic heterocycles. The summed E-state index contributed by atoms with van der Waals surface area (Å²) in [7, 11) is 0. The first kappa shape index (κ1) is 12.8. The van der Waals surface area contributed by atoms with Gasteiger partial charge in [-0.15, -0.1) is 0 Å². The molecule has 0 bridgehead atoms. The van der Waals surface area contributed by atoms with E-state index < -0.39 is 4.92 Å². The van der Waals surface area contributed by atoms with E-state index in [9.17, 15) is 15.2 Å². The van der Waals surface area contributed by atoms with Gasteiger partial charge in [0.05, 0.1) is 17.1 Å². The van der Waals surface area contributed by atoms with E-state index in [1.807, 2.05) is 0 Å². The molecule has 0 radical (unpaired) electrons. The molecular weight excluding hydrogens is 234 g/mol. The van der Waals surface area contributed by atoms with Crippen molar-refractivity contribution in [3.63, 3.8) is 0 Å². The summed E-state index contributed by atoms with van der Waals surface area (Å²) >= 11 is 0. The second-order valence-corrected chi connectivity index (χ2v) is 4.66. The highest BCUT2D eigenvalue weighted by molar-refractivity contribution is 5.45. The Bertz CT molecular complexity index is 450. The number of anilines is 1. The predicted molar refractivity (Wildman–Crippen MR) is 67.5 cm³/mol. The first-order chi connectivity index (χ1) is 8.58. The molecule has 0 aromatic carbocycles. The van der Waals surface area contributed by atoms with E-state index in [2.05, 4.69) is 10.3 Å². The van der Waals surface area contributed by atoms with E-state index in [4.69, 9.17) is 0 Å². The third-order valence-corrected chi connectivity index (χ3v) is 3.32. The Hall–Kier alpha value is -1.69. The van der Waals surface area contributed by atoms with Gasteiger partial charge in [-0.1, -0.05) is 12.8 Å². The largest absolute Gasteiger partial charge is 0.391 e. The fraction of sp³-hybridized carbons (Fsp3) is 0.583. The predicted octanol–water partition coefficient (Wildman–Crippen LogP) is 2.01. The van der Waals surface area contributed by atoms with Crippen LogP contribution in [0.5, 0.6) is 0 Å². The summed E-state index contributed by atoms with van der Waals surface area (Å²) in [5.74, 6) is 0.587. The normalized spacial score (nSPS) is 23.7. The summed E-state index contributed by atoms with van der Waals surface area (Å²) in [6.07, 6.45) is 3.46. The summed E-state index contributed by atoms with van der Waals surface area (Å²) in [6.45, 7) is 1.61. The van der Waals surface area contributed by atoms with Crippen molar-refractivity contribution in [3.8, 4) is 0 Å². The van der Waals surface area contributed by atoms with E-state index >= 15 is 0 Å². The third-order valence-electron chi connectivity index (χ3n) is 3.32. The van der Waals surface area contributed by atoms with Crippen LogP contribution in [-0.2, 0) is 0 Å². The highest BCUT2D eigenvalue weighted by Gasteiger charge is 2.23.